The summed E-state index contributed by atoms with van der Waals surface area (Å²) in [6, 6.07) is 0.809. The van der Waals surface area contributed by atoms with Crippen LogP contribution in [0.5, 0.6) is 0 Å². The van der Waals surface area contributed by atoms with Gasteiger partial charge in [0.25, 0.3) is 0 Å². The minimum Gasteiger partial charge on any atom is -0.314 e. The van der Waals surface area contributed by atoms with Crippen molar-refractivity contribution in [1.82, 2.24) is 15.5 Å². The zero-order valence-electron chi connectivity index (χ0n) is 11.2. The molecule has 102 valence electrons. The summed E-state index contributed by atoms with van der Waals surface area (Å²) in [4.78, 5) is 25.2. The number of imide groups is 1. The van der Waals surface area contributed by atoms with Gasteiger partial charge in [-0.3, -0.25) is 19.8 Å². The van der Waals surface area contributed by atoms with E-state index in [1.54, 1.807) is 0 Å². The predicted octanol–water partition coefficient (Wildman–Crippen LogP) is 0.254. The van der Waals surface area contributed by atoms with Crippen LogP contribution in [0.25, 0.3) is 0 Å². The lowest BCUT2D eigenvalue weighted by atomic mass is 9.89. The quantitative estimate of drug-likeness (QED) is 0.708. The Hall–Kier alpha value is -0.940. The first-order valence-corrected chi connectivity index (χ1v) is 6.94. The molecule has 18 heavy (non-hydrogen) atoms. The lowest BCUT2D eigenvalue weighted by Gasteiger charge is -2.41. The summed E-state index contributed by atoms with van der Waals surface area (Å²) in [7, 11) is 0. The minimum absolute atomic E-state index is 0.153. The summed E-state index contributed by atoms with van der Waals surface area (Å²) < 4.78 is 0. The average molecular weight is 253 g/mol. The molecule has 2 aliphatic rings. The van der Waals surface area contributed by atoms with E-state index in [9.17, 15) is 9.59 Å². The fraction of sp³-hybridized carbons (Fsp3) is 0.846. The molecule has 0 aromatic heterocycles. The van der Waals surface area contributed by atoms with Crippen LogP contribution in [-0.4, -0.2) is 47.9 Å². The van der Waals surface area contributed by atoms with Crippen LogP contribution in [-0.2, 0) is 9.59 Å². The van der Waals surface area contributed by atoms with E-state index >= 15 is 0 Å². The van der Waals surface area contributed by atoms with E-state index in [1.807, 2.05) is 6.92 Å². The lowest BCUT2D eigenvalue weighted by Crippen LogP contribution is -2.60. The number of nitrogens with one attached hydrogen (secondary N) is 2. The average Bonchev–Trinajstić information content (AvgIpc) is 2.35. The predicted molar refractivity (Wildman–Crippen MR) is 69.0 cm³/mol. The van der Waals surface area contributed by atoms with Crippen molar-refractivity contribution in [3.63, 3.8) is 0 Å². The van der Waals surface area contributed by atoms with E-state index in [0.717, 1.165) is 32.2 Å². The van der Waals surface area contributed by atoms with Crippen LogP contribution in [0.15, 0.2) is 0 Å². The van der Waals surface area contributed by atoms with Gasteiger partial charge in [-0.1, -0.05) is 6.92 Å². The number of rotatable bonds is 3. The third-order valence-electron chi connectivity index (χ3n) is 4.12. The number of carbonyl (C=O) groups excluding carboxylic acids is 2. The standard InChI is InChI=1S/C13H23N3O2/c1-3-14-10-4-6-11(7-5-10)16-8-12(17)15-13(18)9(16)2/h9-11,14H,3-8H2,1-2H3,(H,15,17,18). The summed E-state index contributed by atoms with van der Waals surface area (Å²) >= 11 is 0. The molecule has 0 bridgehead atoms. The lowest BCUT2D eigenvalue weighted by molar-refractivity contribution is -0.141. The van der Waals surface area contributed by atoms with Crippen molar-refractivity contribution in [2.24, 2.45) is 0 Å². The smallest absolute Gasteiger partial charge is 0.243 e. The largest absolute Gasteiger partial charge is 0.314 e. The molecule has 0 aromatic carbocycles. The molecule has 2 rings (SSSR count). The van der Waals surface area contributed by atoms with E-state index in [2.05, 4.69) is 22.5 Å². The maximum atomic E-state index is 11.6. The van der Waals surface area contributed by atoms with E-state index in [0.29, 0.717) is 18.6 Å². The Morgan fingerprint density at radius 3 is 2.56 bits per heavy atom. The van der Waals surface area contributed by atoms with Crippen LogP contribution in [0, 0.1) is 0 Å². The Labute approximate surface area is 108 Å². The summed E-state index contributed by atoms with van der Waals surface area (Å²) in [5.41, 5.74) is 0. The highest BCUT2D eigenvalue weighted by atomic mass is 16.2. The van der Waals surface area contributed by atoms with Gasteiger partial charge < -0.3 is 5.32 Å². The van der Waals surface area contributed by atoms with Gasteiger partial charge >= 0.3 is 0 Å². The highest BCUT2D eigenvalue weighted by molar-refractivity contribution is 6.00. The molecule has 0 spiro atoms. The van der Waals surface area contributed by atoms with Crippen molar-refractivity contribution in [2.45, 2.75) is 57.7 Å². The van der Waals surface area contributed by atoms with Crippen LogP contribution >= 0.6 is 0 Å². The first-order chi connectivity index (χ1) is 8.61. The fourth-order valence-corrected chi connectivity index (χ4v) is 3.08. The first kappa shape index (κ1) is 13.5. The third-order valence-corrected chi connectivity index (χ3v) is 4.12. The molecule has 1 heterocycles. The fourth-order valence-electron chi connectivity index (χ4n) is 3.08. The van der Waals surface area contributed by atoms with E-state index < -0.39 is 0 Å². The molecule has 5 heteroatoms. The first-order valence-electron chi connectivity index (χ1n) is 6.94. The second kappa shape index (κ2) is 5.80. The van der Waals surface area contributed by atoms with Gasteiger partial charge in [0.15, 0.2) is 0 Å². The number of piperazine rings is 1. The van der Waals surface area contributed by atoms with Gasteiger partial charge in [0.1, 0.15) is 0 Å². The highest BCUT2D eigenvalue weighted by Gasteiger charge is 2.36. The van der Waals surface area contributed by atoms with Gasteiger partial charge in [-0.25, -0.2) is 0 Å². The number of amides is 2. The molecular weight excluding hydrogens is 230 g/mol. The van der Waals surface area contributed by atoms with Gasteiger partial charge in [-0.15, -0.1) is 0 Å². The van der Waals surface area contributed by atoms with Crippen LogP contribution in [0.2, 0.25) is 0 Å². The van der Waals surface area contributed by atoms with Crippen LogP contribution < -0.4 is 10.6 Å². The Balaban J connectivity index is 1.92. The Bertz CT molecular complexity index is 324. The second-order valence-corrected chi connectivity index (χ2v) is 5.32. The Kier molecular flexibility index (Phi) is 4.35. The van der Waals surface area contributed by atoms with Crippen molar-refractivity contribution in [1.29, 1.82) is 0 Å². The van der Waals surface area contributed by atoms with Gasteiger partial charge in [-0.2, -0.15) is 0 Å². The van der Waals surface area contributed by atoms with Crippen LogP contribution in [0.4, 0.5) is 0 Å². The molecule has 2 N–H and O–H groups in total. The minimum atomic E-state index is -0.177. The maximum Gasteiger partial charge on any atom is 0.243 e. The second-order valence-electron chi connectivity index (χ2n) is 5.32. The van der Waals surface area contributed by atoms with Crippen molar-refractivity contribution in [3.8, 4) is 0 Å². The Morgan fingerprint density at radius 1 is 1.28 bits per heavy atom. The molecule has 5 nitrogen and oxygen atoms in total. The molecule has 2 amide bonds. The van der Waals surface area contributed by atoms with Gasteiger partial charge in [0, 0.05) is 12.1 Å². The highest BCUT2D eigenvalue weighted by Crippen LogP contribution is 2.25. The molecule has 1 atom stereocenters. The van der Waals surface area contributed by atoms with E-state index in [-0.39, 0.29) is 17.9 Å². The molecule has 1 saturated heterocycles. The Morgan fingerprint density at radius 2 is 1.94 bits per heavy atom. The van der Waals surface area contributed by atoms with Crippen molar-refractivity contribution in [2.75, 3.05) is 13.1 Å². The molecule has 1 aliphatic carbocycles. The number of carbonyl (C=O) groups is 2. The molecule has 0 aromatic rings. The summed E-state index contributed by atoms with van der Waals surface area (Å²) in [6.07, 6.45) is 4.42. The summed E-state index contributed by atoms with van der Waals surface area (Å²) in [5.74, 6) is -0.313. The molecule has 1 unspecified atom stereocenters. The zero-order chi connectivity index (χ0) is 13.1. The topological polar surface area (TPSA) is 61.4 Å². The summed E-state index contributed by atoms with van der Waals surface area (Å²) in [5, 5.41) is 5.87. The van der Waals surface area contributed by atoms with Crippen molar-refractivity contribution >= 4 is 11.8 Å². The van der Waals surface area contributed by atoms with Crippen LogP contribution in [0.3, 0.4) is 0 Å². The van der Waals surface area contributed by atoms with Crippen LogP contribution in [0.1, 0.15) is 39.5 Å². The van der Waals surface area contributed by atoms with Crippen molar-refractivity contribution < 1.29 is 9.59 Å². The molecule has 1 saturated carbocycles. The number of hydrogen-bond donors (Lipinski definition) is 2. The zero-order valence-corrected chi connectivity index (χ0v) is 11.2. The molecule has 1 aliphatic heterocycles. The maximum absolute atomic E-state index is 11.6. The molecule has 0 radical (unpaired) electrons. The van der Waals surface area contributed by atoms with Gasteiger partial charge in [0.2, 0.25) is 11.8 Å². The third kappa shape index (κ3) is 2.90. The molecular formula is C13H23N3O2. The normalized spacial score (nSPS) is 34.4. The van der Waals surface area contributed by atoms with Gasteiger partial charge in [0.05, 0.1) is 12.6 Å². The summed E-state index contributed by atoms with van der Waals surface area (Å²) in [6.45, 7) is 5.39. The molecule has 2 fully saturated rings. The number of nitrogens with zero attached hydrogens (tertiary/aromatic N) is 1. The van der Waals surface area contributed by atoms with Gasteiger partial charge in [-0.05, 0) is 39.2 Å². The van der Waals surface area contributed by atoms with E-state index in [4.69, 9.17) is 0 Å². The number of hydrogen-bond acceptors (Lipinski definition) is 4. The monoisotopic (exact) mass is 253 g/mol. The SMILES string of the molecule is CCNC1CCC(N2CC(=O)NC(=O)C2C)CC1. The van der Waals surface area contributed by atoms with E-state index in [1.165, 1.54) is 0 Å². The van der Waals surface area contributed by atoms with Crippen molar-refractivity contribution in [3.05, 3.63) is 0 Å².